The van der Waals surface area contributed by atoms with E-state index in [2.05, 4.69) is 17.1 Å². The van der Waals surface area contributed by atoms with Gasteiger partial charge in [0, 0.05) is 5.69 Å². The van der Waals surface area contributed by atoms with Gasteiger partial charge in [-0.15, -0.1) is 0 Å². The summed E-state index contributed by atoms with van der Waals surface area (Å²) in [5.74, 6) is 0.682. The third-order valence-corrected chi connectivity index (χ3v) is 2.93. The van der Waals surface area contributed by atoms with E-state index in [1.165, 1.54) is 5.56 Å². The number of nitrogens with zero attached hydrogens (tertiary/aromatic N) is 1. The minimum absolute atomic E-state index is 0.0876. The van der Waals surface area contributed by atoms with Crippen molar-refractivity contribution in [3.05, 3.63) is 59.4 Å². The molecule has 0 fully saturated rings. The summed E-state index contributed by atoms with van der Waals surface area (Å²) >= 11 is 0. The summed E-state index contributed by atoms with van der Waals surface area (Å²) in [6, 6.07) is 14.1. The van der Waals surface area contributed by atoms with E-state index in [-0.39, 0.29) is 6.61 Å². The molecule has 1 N–H and O–H groups in total. The number of hydrogen-bond acceptors (Lipinski definition) is 3. The van der Waals surface area contributed by atoms with Crippen molar-refractivity contribution in [1.82, 2.24) is 4.98 Å². The number of benzene rings is 1. The van der Waals surface area contributed by atoms with E-state index in [0.717, 1.165) is 18.5 Å². The highest BCUT2D eigenvalue weighted by Crippen LogP contribution is 2.17. The predicted octanol–water partition coefficient (Wildman–Crippen LogP) is 2.89. The molecule has 3 heteroatoms. The zero-order valence-corrected chi connectivity index (χ0v) is 11.2. The maximum absolute atomic E-state index is 9.23. The fourth-order valence-corrected chi connectivity index (χ4v) is 1.95. The van der Waals surface area contributed by atoms with Gasteiger partial charge >= 0.3 is 0 Å². The molecule has 0 unspecified atom stereocenters. The molecule has 19 heavy (non-hydrogen) atoms. The van der Waals surface area contributed by atoms with Gasteiger partial charge in [0.05, 0.1) is 13.2 Å². The van der Waals surface area contributed by atoms with E-state index in [1.807, 2.05) is 37.3 Å². The summed E-state index contributed by atoms with van der Waals surface area (Å²) in [6.07, 6.45) is 1.94. The second kappa shape index (κ2) is 6.90. The van der Waals surface area contributed by atoms with Gasteiger partial charge in [0.25, 0.3) is 0 Å². The predicted molar refractivity (Wildman–Crippen MR) is 75.2 cm³/mol. The van der Waals surface area contributed by atoms with Crippen LogP contribution in [0.15, 0.2) is 42.5 Å². The lowest BCUT2D eigenvalue weighted by molar-refractivity contribution is 0.255. The van der Waals surface area contributed by atoms with Gasteiger partial charge in [-0.3, -0.25) is 4.98 Å². The van der Waals surface area contributed by atoms with Crippen molar-refractivity contribution >= 4 is 0 Å². The van der Waals surface area contributed by atoms with Gasteiger partial charge in [-0.2, -0.15) is 0 Å². The Morgan fingerprint density at radius 3 is 2.63 bits per heavy atom. The molecule has 2 rings (SSSR count). The van der Waals surface area contributed by atoms with Gasteiger partial charge in [0.2, 0.25) is 0 Å². The van der Waals surface area contributed by atoms with Crippen LogP contribution in [0, 0.1) is 6.92 Å². The summed E-state index contributed by atoms with van der Waals surface area (Å²) in [6.45, 7) is 2.45. The first kappa shape index (κ1) is 13.6. The Balaban J connectivity index is 1.83. The number of ether oxygens (including phenoxy) is 1. The summed E-state index contributed by atoms with van der Waals surface area (Å²) in [5, 5.41) is 9.23. The van der Waals surface area contributed by atoms with Crippen molar-refractivity contribution in [2.75, 3.05) is 6.61 Å². The average molecular weight is 257 g/mol. The van der Waals surface area contributed by atoms with Crippen LogP contribution in [0.2, 0.25) is 0 Å². The molecule has 1 heterocycles. The number of rotatable bonds is 6. The molecule has 0 aliphatic heterocycles. The van der Waals surface area contributed by atoms with Gasteiger partial charge in [0.15, 0.2) is 0 Å². The van der Waals surface area contributed by atoms with Crippen LogP contribution in [0.1, 0.15) is 23.4 Å². The maximum atomic E-state index is 9.23. The molecule has 0 saturated heterocycles. The highest BCUT2D eigenvalue weighted by Gasteiger charge is 2.04. The van der Waals surface area contributed by atoms with Crippen molar-refractivity contribution in [3.63, 3.8) is 0 Å². The standard InChI is InChI=1S/C16H19NO2/c1-13-9-10-16(15(12-18)17-13)19-11-5-8-14-6-3-2-4-7-14/h2-4,6-7,9-10,18H,5,8,11-12H2,1H3. The highest BCUT2D eigenvalue weighted by atomic mass is 16.5. The molecule has 0 saturated carbocycles. The molecule has 0 bridgehead atoms. The topological polar surface area (TPSA) is 42.4 Å². The molecule has 1 aromatic carbocycles. The molecule has 2 aromatic rings. The van der Waals surface area contributed by atoms with Crippen LogP contribution < -0.4 is 4.74 Å². The van der Waals surface area contributed by atoms with Crippen molar-refractivity contribution in [1.29, 1.82) is 0 Å². The number of aliphatic hydroxyl groups is 1. The Morgan fingerprint density at radius 2 is 1.89 bits per heavy atom. The Kier molecular flexibility index (Phi) is 4.93. The fraction of sp³-hybridized carbons (Fsp3) is 0.312. The Morgan fingerprint density at radius 1 is 1.11 bits per heavy atom. The van der Waals surface area contributed by atoms with Gasteiger partial charge in [-0.25, -0.2) is 0 Å². The summed E-state index contributed by atoms with van der Waals surface area (Å²) < 4.78 is 5.68. The molecular formula is C16H19NO2. The number of aromatic nitrogens is 1. The monoisotopic (exact) mass is 257 g/mol. The van der Waals surface area contributed by atoms with Crippen molar-refractivity contribution in [2.45, 2.75) is 26.4 Å². The first-order valence-electron chi connectivity index (χ1n) is 6.53. The van der Waals surface area contributed by atoms with Gasteiger partial charge in [-0.1, -0.05) is 30.3 Å². The second-order valence-corrected chi connectivity index (χ2v) is 4.49. The van der Waals surface area contributed by atoms with Crippen LogP contribution in [0.25, 0.3) is 0 Å². The van der Waals surface area contributed by atoms with Gasteiger partial charge < -0.3 is 9.84 Å². The van der Waals surface area contributed by atoms with E-state index in [1.54, 1.807) is 0 Å². The van der Waals surface area contributed by atoms with E-state index in [4.69, 9.17) is 4.74 Å². The van der Waals surface area contributed by atoms with Gasteiger partial charge in [0.1, 0.15) is 11.4 Å². The third-order valence-electron chi connectivity index (χ3n) is 2.93. The lowest BCUT2D eigenvalue weighted by Gasteiger charge is -2.10. The van der Waals surface area contributed by atoms with Crippen LogP contribution in [0.4, 0.5) is 0 Å². The molecule has 1 aromatic heterocycles. The number of aryl methyl sites for hydroxylation is 2. The molecule has 0 amide bonds. The molecular weight excluding hydrogens is 238 g/mol. The third kappa shape index (κ3) is 4.07. The fourth-order valence-electron chi connectivity index (χ4n) is 1.95. The first-order chi connectivity index (χ1) is 9.29. The van der Waals surface area contributed by atoms with Crippen molar-refractivity contribution < 1.29 is 9.84 Å². The van der Waals surface area contributed by atoms with E-state index in [0.29, 0.717) is 18.1 Å². The second-order valence-electron chi connectivity index (χ2n) is 4.49. The van der Waals surface area contributed by atoms with Crippen molar-refractivity contribution in [2.24, 2.45) is 0 Å². The van der Waals surface area contributed by atoms with Crippen LogP contribution in [-0.4, -0.2) is 16.7 Å². The lowest BCUT2D eigenvalue weighted by Crippen LogP contribution is -2.04. The lowest BCUT2D eigenvalue weighted by atomic mass is 10.1. The molecule has 3 nitrogen and oxygen atoms in total. The maximum Gasteiger partial charge on any atom is 0.143 e. The van der Waals surface area contributed by atoms with E-state index < -0.39 is 0 Å². The van der Waals surface area contributed by atoms with Crippen LogP contribution >= 0.6 is 0 Å². The van der Waals surface area contributed by atoms with Crippen LogP contribution in [0.5, 0.6) is 5.75 Å². The summed E-state index contributed by atoms with van der Waals surface area (Å²) in [7, 11) is 0. The van der Waals surface area contributed by atoms with Crippen LogP contribution in [0.3, 0.4) is 0 Å². The molecule has 0 spiro atoms. The summed E-state index contributed by atoms with van der Waals surface area (Å²) in [5.41, 5.74) is 2.82. The van der Waals surface area contributed by atoms with Crippen molar-refractivity contribution in [3.8, 4) is 5.75 Å². The van der Waals surface area contributed by atoms with E-state index in [9.17, 15) is 5.11 Å². The molecule has 0 radical (unpaired) electrons. The average Bonchev–Trinajstić information content (AvgIpc) is 2.46. The SMILES string of the molecule is Cc1ccc(OCCCc2ccccc2)c(CO)n1. The molecule has 0 aliphatic rings. The largest absolute Gasteiger partial charge is 0.492 e. The normalized spacial score (nSPS) is 10.4. The Labute approximate surface area is 113 Å². The van der Waals surface area contributed by atoms with Gasteiger partial charge in [-0.05, 0) is 37.5 Å². The summed E-state index contributed by atoms with van der Waals surface area (Å²) in [4.78, 5) is 4.25. The zero-order chi connectivity index (χ0) is 13.5. The number of hydrogen-bond donors (Lipinski definition) is 1. The van der Waals surface area contributed by atoms with E-state index >= 15 is 0 Å². The molecule has 0 atom stereocenters. The first-order valence-corrected chi connectivity index (χ1v) is 6.53. The zero-order valence-electron chi connectivity index (χ0n) is 11.2. The highest BCUT2D eigenvalue weighted by molar-refractivity contribution is 5.28. The Bertz CT molecular complexity index is 511. The smallest absolute Gasteiger partial charge is 0.143 e. The molecule has 0 aliphatic carbocycles. The Hall–Kier alpha value is -1.87. The minimum Gasteiger partial charge on any atom is -0.492 e. The quantitative estimate of drug-likeness (QED) is 0.809. The number of aliphatic hydroxyl groups excluding tert-OH is 1. The number of pyridine rings is 1. The molecule has 100 valence electrons. The van der Waals surface area contributed by atoms with Crippen LogP contribution in [-0.2, 0) is 13.0 Å². The minimum atomic E-state index is -0.0876.